The van der Waals surface area contributed by atoms with Crippen molar-refractivity contribution in [3.05, 3.63) is 48.5 Å². The van der Waals surface area contributed by atoms with Gasteiger partial charge in [0.05, 0.1) is 6.33 Å². The Kier molecular flexibility index (Phi) is 6.87. The standard InChI is InChI=1S/C15H18N4O.2ClH/c16-13-2-1-8-18(10-13)15(20)12-3-5-14(6-4-12)19-9-7-17-11-19;;/h3-7,9,11,13H,1-2,8,10,16H2;2*1H. The fourth-order valence-corrected chi connectivity index (χ4v) is 2.57. The van der Waals surface area contributed by atoms with Gasteiger partial charge in [0, 0.05) is 42.8 Å². The zero-order valence-electron chi connectivity index (χ0n) is 12.1. The van der Waals surface area contributed by atoms with Gasteiger partial charge in [0.2, 0.25) is 0 Å². The zero-order valence-corrected chi connectivity index (χ0v) is 13.7. The van der Waals surface area contributed by atoms with E-state index in [-0.39, 0.29) is 36.8 Å². The van der Waals surface area contributed by atoms with Gasteiger partial charge in [-0.05, 0) is 37.1 Å². The molecule has 1 aromatic carbocycles. The van der Waals surface area contributed by atoms with Gasteiger partial charge in [-0.3, -0.25) is 4.79 Å². The van der Waals surface area contributed by atoms with Gasteiger partial charge in [-0.25, -0.2) is 4.98 Å². The number of carbonyl (C=O) groups excluding carboxylic acids is 1. The van der Waals surface area contributed by atoms with Crippen LogP contribution in [0.2, 0.25) is 0 Å². The number of imidazole rings is 1. The van der Waals surface area contributed by atoms with Crippen LogP contribution in [0.15, 0.2) is 43.0 Å². The van der Waals surface area contributed by atoms with Crippen molar-refractivity contribution in [2.24, 2.45) is 5.73 Å². The molecule has 1 unspecified atom stereocenters. The summed E-state index contributed by atoms with van der Waals surface area (Å²) >= 11 is 0. The minimum absolute atomic E-state index is 0. The van der Waals surface area contributed by atoms with Crippen molar-refractivity contribution in [1.29, 1.82) is 0 Å². The summed E-state index contributed by atoms with van der Waals surface area (Å²) in [7, 11) is 0. The van der Waals surface area contributed by atoms with E-state index in [0.717, 1.165) is 25.1 Å². The molecule has 0 aliphatic carbocycles. The van der Waals surface area contributed by atoms with Gasteiger partial charge >= 0.3 is 0 Å². The number of nitrogens with zero attached hydrogens (tertiary/aromatic N) is 3. The largest absolute Gasteiger partial charge is 0.337 e. The van der Waals surface area contributed by atoms with Crippen LogP contribution in [-0.4, -0.2) is 39.5 Å². The van der Waals surface area contributed by atoms with E-state index in [4.69, 9.17) is 5.73 Å². The Morgan fingerprint density at radius 3 is 2.55 bits per heavy atom. The summed E-state index contributed by atoms with van der Waals surface area (Å²) in [6.07, 6.45) is 7.33. The average molecular weight is 343 g/mol. The van der Waals surface area contributed by atoms with Crippen LogP contribution in [0.5, 0.6) is 0 Å². The Labute approximate surface area is 142 Å². The molecule has 1 amide bonds. The fourth-order valence-electron chi connectivity index (χ4n) is 2.57. The predicted molar refractivity (Wildman–Crippen MR) is 91.2 cm³/mol. The zero-order chi connectivity index (χ0) is 13.9. The van der Waals surface area contributed by atoms with Gasteiger partial charge < -0.3 is 15.2 Å². The molecule has 1 saturated heterocycles. The van der Waals surface area contributed by atoms with Crippen LogP contribution in [-0.2, 0) is 0 Å². The maximum Gasteiger partial charge on any atom is 0.253 e. The van der Waals surface area contributed by atoms with Crippen molar-refractivity contribution in [3.8, 4) is 5.69 Å². The lowest BCUT2D eigenvalue weighted by molar-refractivity contribution is 0.0709. The maximum absolute atomic E-state index is 12.4. The molecular weight excluding hydrogens is 323 g/mol. The van der Waals surface area contributed by atoms with E-state index >= 15 is 0 Å². The van der Waals surface area contributed by atoms with Crippen molar-refractivity contribution in [2.75, 3.05) is 13.1 Å². The molecule has 1 aromatic heterocycles. The SMILES string of the molecule is Cl.Cl.NC1CCCN(C(=O)c2ccc(-n3ccnc3)cc2)C1. The van der Waals surface area contributed by atoms with E-state index in [2.05, 4.69) is 4.98 Å². The summed E-state index contributed by atoms with van der Waals surface area (Å²) in [4.78, 5) is 18.3. The number of nitrogens with two attached hydrogens (primary N) is 1. The molecule has 1 aliphatic heterocycles. The number of hydrogen-bond acceptors (Lipinski definition) is 3. The van der Waals surface area contributed by atoms with Crippen LogP contribution >= 0.6 is 24.8 Å². The lowest BCUT2D eigenvalue weighted by Gasteiger charge is -2.30. The fraction of sp³-hybridized carbons (Fsp3) is 0.333. The van der Waals surface area contributed by atoms with Crippen LogP contribution in [0.4, 0.5) is 0 Å². The number of aromatic nitrogens is 2. The molecule has 5 nitrogen and oxygen atoms in total. The molecule has 0 spiro atoms. The monoisotopic (exact) mass is 342 g/mol. The first-order valence-electron chi connectivity index (χ1n) is 6.87. The quantitative estimate of drug-likeness (QED) is 0.910. The maximum atomic E-state index is 12.4. The number of halogens is 2. The van der Waals surface area contributed by atoms with E-state index in [1.165, 1.54) is 0 Å². The first-order valence-corrected chi connectivity index (χ1v) is 6.87. The highest BCUT2D eigenvalue weighted by Gasteiger charge is 2.22. The van der Waals surface area contributed by atoms with Crippen LogP contribution in [0.1, 0.15) is 23.2 Å². The minimum atomic E-state index is 0. The normalized spacial score (nSPS) is 17.3. The second-order valence-electron chi connectivity index (χ2n) is 5.17. The van der Waals surface area contributed by atoms with Gasteiger partial charge in [0.15, 0.2) is 0 Å². The number of likely N-dealkylation sites (tertiary alicyclic amines) is 1. The molecule has 22 heavy (non-hydrogen) atoms. The van der Waals surface area contributed by atoms with Crippen molar-refractivity contribution in [3.63, 3.8) is 0 Å². The number of benzene rings is 1. The first kappa shape index (κ1) is 18.5. The van der Waals surface area contributed by atoms with Gasteiger partial charge in [-0.2, -0.15) is 0 Å². The molecule has 7 heteroatoms. The number of piperidine rings is 1. The number of rotatable bonds is 2. The highest BCUT2D eigenvalue weighted by atomic mass is 35.5. The Hall–Kier alpha value is -1.56. The van der Waals surface area contributed by atoms with Crippen LogP contribution in [0.3, 0.4) is 0 Å². The van der Waals surface area contributed by atoms with Gasteiger partial charge in [-0.1, -0.05) is 0 Å². The molecule has 120 valence electrons. The third-order valence-corrected chi connectivity index (χ3v) is 3.66. The molecule has 2 N–H and O–H groups in total. The summed E-state index contributed by atoms with van der Waals surface area (Å²) < 4.78 is 1.91. The molecular formula is C15H20Cl2N4O. The minimum Gasteiger partial charge on any atom is -0.337 e. The Balaban J connectivity index is 0.00000121. The Bertz CT molecular complexity index is 586. The van der Waals surface area contributed by atoms with Crippen molar-refractivity contribution in [1.82, 2.24) is 14.5 Å². The second kappa shape index (κ2) is 8.17. The second-order valence-corrected chi connectivity index (χ2v) is 5.17. The molecule has 0 radical (unpaired) electrons. The summed E-state index contributed by atoms with van der Waals surface area (Å²) in [5, 5.41) is 0. The molecule has 2 aromatic rings. The lowest BCUT2D eigenvalue weighted by Crippen LogP contribution is -2.45. The third kappa shape index (κ3) is 4.00. The third-order valence-electron chi connectivity index (χ3n) is 3.66. The molecule has 1 fully saturated rings. The molecule has 1 atom stereocenters. The Morgan fingerprint density at radius 1 is 1.23 bits per heavy atom. The summed E-state index contributed by atoms with van der Waals surface area (Å²) in [6, 6.07) is 7.69. The number of amides is 1. The molecule has 2 heterocycles. The molecule has 1 aliphatic rings. The topological polar surface area (TPSA) is 64.2 Å². The summed E-state index contributed by atoms with van der Waals surface area (Å²) in [5.74, 6) is 0.0670. The van der Waals surface area contributed by atoms with E-state index in [1.807, 2.05) is 39.9 Å². The summed E-state index contributed by atoms with van der Waals surface area (Å²) in [6.45, 7) is 1.46. The van der Waals surface area contributed by atoms with Crippen LogP contribution in [0.25, 0.3) is 5.69 Å². The number of hydrogen-bond donors (Lipinski definition) is 1. The average Bonchev–Trinajstić information content (AvgIpc) is 3.01. The highest BCUT2D eigenvalue weighted by Crippen LogP contribution is 2.15. The van der Waals surface area contributed by atoms with E-state index in [9.17, 15) is 4.79 Å². The smallest absolute Gasteiger partial charge is 0.253 e. The molecule has 0 saturated carbocycles. The van der Waals surface area contributed by atoms with Gasteiger partial charge in [0.25, 0.3) is 5.91 Å². The highest BCUT2D eigenvalue weighted by molar-refractivity contribution is 5.94. The van der Waals surface area contributed by atoms with Crippen LogP contribution < -0.4 is 5.73 Å². The lowest BCUT2D eigenvalue weighted by atomic mass is 10.1. The first-order chi connectivity index (χ1) is 9.74. The van der Waals surface area contributed by atoms with Crippen molar-refractivity contribution < 1.29 is 4.79 Å². The van der Waals surface area contributed by atoms with Crippen molar-refractivity contribution >= 4 is 30.7 Å². The Morgan fingerprint density at radius 2 is 1.95 bits per heavy atom. The van der Waals surface area contributed by atoms with E-state index in [0.29, 0.717) is 12.1 Å². The molecule has 3 rings (SSSR count). The molecule has 0 bridgehead atoms. The summed E-state index contributed by atoms with van der Waals surface area (Å²) in [5.41, 5.74) is 7.63. The predicted octanol–water partition coefficient (Wildman–Crippen LogP) is 2.28. The van der Waals surface area contributed by atoms with Crippen molar-refractivity contribution in [2.45, 2.75) is 18.9 Å². The van der Waals surface area contributed by atoms with Gasteiger partial charge in [0.1, 0.15) is 0 Å². The van der Waals surface area contributed by atoms with E-state index in [1.54, 1.807) is 12.5 Å². The van der Waals surface area contributed by atoms with E-state index < -0.39 is 0 Å². The van der Waals surface area contributed by atoms with Gasteiger partial charge in [-0.15, -0.1) is 24.8 Å². The number of carbonyl (C=O) groups is 1. The van der Waals surface area contributed by atoms with Crippen LogP contribution in [0, 0.1) is 0 Å².